The number of rotatable bonds is 7. The molecule has 0 bridgehead atoms. The molecule has 0 aliphatic rings. The quantitative estimate of drug-likeness (QED) is 0.553. The maximum absolute atomic E-state index is 6.51. The maximum atomic E-state index is 6.51. The first-order valence-electron chi connectivity index (χ1n) is 9.02. The third kappa shape index (κ3) is 4.22. The fraction of sp³-hybridized carbons (Fsp3) is 0.333. The van der Waals surface area contributed by atoms with Crippen LogP contribution in [0.25, 0.3) is 22.3 Å². The van der Waals surface area contributed by atoms with Gasteiger partial charge in [0.1, 0.15) is 0 Å². The largest absolute Gasteiger partial charge is 0.493 e. The molecule has 6 heteroatoms. The lowest BCUT2D eigenvalue weighted by molar-refractivity contribution is 0.355. The van der Waals surface area contributed by atoms with Crippen LogP contribution in [0.3, 0.4) is 0 Å². The molecule has 27 heavy (non-hydrogen) atoms. The van der Waals surface area contributed by atoms with Crippen molar-refractivity contribution < 1.29 is 9.47 Å². The molecule has 1 heterocycles. The van der Waals surface area contributed by atoms with Crippen molar-refractivity contribution in [1.82, 2.24) is 9.97 Å². The van der Waals surface area contributed by atoms with Crippen molar-refractivity contribution in [2.24, 2.45) is 5.73 Å². The van der Waals surface area contributed by atoms with Crippen molar-refractivity contribution >= 4 is 26.8 Å². The molecule has 1 unspecified atom stereocenters. The standard InChI is InChI=1S/C21H24BrN3O2/c1-4-5-6-16(23)20-15-11-18(26-2)19(27-3)12-17(15)24-21(25-20)13-7-9-14(22)10-8-13/h7-12,16H,4-6,23H2,1-3H3. The minimum atomic E-state index is -0.164. The summed E-state index contributed by atoms with van der Waals surface area (Å²) in [5, 5.41) is 0.900. The number of fused-ring (bicyclic) bond motifs is 1. The Balaban J connectivity index is 2.21. The number of halogens is 1. The zero-order valence-electron chi connectivity index (χ0n) is 15.8. The number of benzene rings is 2. The molecule has 1 aromatic heterocycles. The monoisotopic (exact) mass is 429 g/mol. The van der Waals surface area contributed by atoms with Crippen molar-refractivity contribution in [3.63, 3.8) is 0 Å². The van der Waals surface area contributed by atoms with E-state index in [9.17, 15) is 0 Å². The number of hydrogen-bond acceptors (Lipinski definition) is 5. The molecule has 3 rings (SSSR count). The van der Waals surface area contributed by atoms with Gasteiger partial charge in [0, 0.05) is 27.5 Å². The van der Waals surface area contributed by atoms with Crippen LogP contribution in [-0.2, 0) is 0 Å². The van der Waals surface area contributed by atoms with Crippen molar-refractivity contribution in [3.8, 4) is 22.9 Å². The molecule has 3 aromatic rings. The second-order valence-electron chi connectivity index (χ2n) is 6.41. The van der Waals surface area contributed by atoms with E-state index in [2.05, 4.69) is 22.9 Å². The van der Waals surface area contributed by atoms with Gasteiger partial charge < -0.3 is 15.2 Å². The molecule has 2 N–H and O–H groups in total. The molecule has 0 fully saturated rings. The summed E-state index contributed by atoms with van der Waals surface area (Å²) < 4.78 is 11.9. The molecule has 142 valence electrons. The summed E-state index contributed by atoms with van der Waals surface area (Å²) in [6.45, 7) is 2.16. The number of hydrogen-bond donors (Lipinski definition) is 1. The van der Waals surface area contributed by atoms with Gasteiger partial charge >= 0.3 is 0 Å². The Morgan fingerprint density at radius 1 is 1.04 bits per heavy atom. The van der Waals surface area contributed by atoms with Crippen LogP contribution in [0.2, 0.25) is 0 Å². The van der Waals surface area contributed by atoms with Crippen LogP contribution in [0.15, 0.2) is 40.9 Å². The van der Waals surface area contributed by atoms with Crippen molar-refractivity contribution in [1.29, 1.82) is 0 Å². The van der Waals surface area contributed by atoms with E-state index in [1.165, 1.54) is 0 Å². The zero-order valence-corrected chi connectivity index (χ0v) is 17.4. The number of unbranched alkanes of at least 4 members (excludes halogenated alkanes) is 1. The van der Waals surface area contributed by atoms with Crippen molar-refractivity contribution in [2.75, 3.05) is 14.2 Å². The van der Waals surface area contributed by atoms with E-state index in [1.54, 1.807) is 14.2 Å². The second kappa shape index (κ2) is 8.67. The van der Waals surface area contributed by atoms with E-state index < -0.39 is 0 Å². The SMILES string of the molecule is CCCCC(N)c1nc(-c2ccc(Br)cc2)nc2cc(OC)c(OC)cc12. The maximum Gasteiger partial charge on any atom is 0.162 e. The fourth-order valence-corrected chi connectivity index (χ4v) is 3.32. The zero-order chi connectivity index (χ0) is 19.4. The Hall–Kier alpha value is -2.18. The van der Waals surface area contributed by atoms with E-state index >= 15 is 0 Å². The first-order chi connectivity index (χ1) is 13.1. The van der Waals surface area contributed by atoms with Crippen LogP contribution < -0.4 is 15.2 Å². The predicted molar refractivity (Wildman–Crippen MR) is 112 cm³/mol. The van der Waals surface area contributed by atoms with Crippen LogP contribution in [0.4, 0.5) is 0 Å². The van der Waals surface area contributed by atoms with Crippen LogP contribution in [0.1, 0.15) is 37.9 Å². The van der Waals surface area contributed by atoms with Gasteiger partial charge in [-0.1, -0.05) is 47.8 Å². The van der Waals surface area contributed by atoms with E-state index in [0.717, 1.165) is 45.9 Å². The third-order valence-corrected chi connectivity index (χ3v) is 5.08. The first kappa shape index (κ1) is 19.6. The lowest BCUT2D eigenvalue weighted by atomic mass is 10.0. The lowest BCUT2D eigenvalue weighted by Crippen LogP contribution is -2.14. The first-order valence-corrected chi connectivity index (χ1v) is 9.81. The van der Waals surface area contributed by atoms with Gasteiger partial charge in [0.2, 0.25) is 0 Å². The molecular formula is C21H24BrN3O2. The van der Waals surface area contributed by atoms with Crippen LogP contribution >= 0.6 is 15.9 Å². The van der Waals surface area contributed by atoms with Gasteiger partial charge in [-0.05, 0) is 24.6 Å². The highest BCUT2D eigenvalue weighted by atomic mass is 79.9. The van der Waals surface area contributed by atoms with Gasteiger partial charge in [-0.25, -0.2) is 9.97 Å². The van der Waals surface area contributed by atoms with Gasteiger partial charge in [-0.3, -0.25) is 0 Å². The minimum absolute atomic E-state index is 0.164. The summed E-state index contributed by atoms with van der Waals surface area (Å²) in [6.07, 6.45) is 3.01. The van der Waals surface area contributed by atoms with Crippen LogP contribution in [-0.4, -0.2) is 24.2 Å². The Bertz CT molecular complexity index is 929. The van der Waals surface area contributed by atoms with E-state index in [4.69, 9.17) is 25.2 Å². The molecule has 0 spiro atoms. The van der Waals surface area contributed by atoms with Gasteiger partial charge in [0.15, 0.2) is 17.3 Å². The summed E-state index contributed by atoms with van der Waals surface area (Å²) in [6, 6.07) is 11.6. The van der Waals surface area contributed by atoms with Crippen molar-refractivity contribution in [3.05, 3.63) is 46.6 Å². The minimum Gasteiger partial charge on any atom is -0.493 e. The molecule has 2 aromatic carbocycles. The molecule has 5 nitrogen and oxygen atoms in total. The summed E-state index contributed by atoms with van der Waals surface area (Å²) in [4.78, 5) is 9.60. The Labute approximate surface area is 168 Å². The number of nitrogens with zero attached hydrogens (tertiary/aromatic N) is 2. The third-order valence-electron chi connectivity index (χ3n) is 4.55. The lowest BCUT2D eigenvalue weighted by Gasteiger charge is -2.17. The average Bonchev–Trinajstić information content (AvgIpc) is 2.70. The number of nitrogens with two attached hydrogens (primary N) is 1. The topological polar surface area (TPSA) is 70.3 Å². The highest BCUT2D eigenvalue weighted by Crippen LogP contribution is 2.35. The van der Waals surface area contributed by atoms with E-state index in [1.807, 2.05) is 36.4 Å². The highest BCUT2D eigenvalue weighted by Gasteiger charge is 2.18. The predicted octanol–water partition coefficient (Wildman–Crippen LogP) is 5.27. The Morgan fingerprint density at radius 3 is 2.33 bits per heavy atom. The molecule has 0 saturated heterocycles. The molecule has 0 aliphatic carbocycles. The van der Waals surface area contributed by atoms with E-state index in [0.29, 0.717) is 17.3 Å². The highest BCUT2D eigenvalue weighted by molar-refractivity contribution is 9.10. The molecule has 1 atom stereocenters. The smallest absolute Gasteiger partial charge is 0.162 e. The number of aromatic nitrogens is 2. The molecule has 0 amide bonds. The van der Waals surface area contributed by atoms with Crippen LogP contribution in [0, 0.1) is 0 Å². The van der Waals surface area contributed by atoms with Gasteiger partial charge in [-0.2, -0.15) is 0 Å². The molecule has 0 saturated carbocycles. The van der Waals surface area contributed by atoms with E-state index in [-0.39, 0.29) is 6.04 Å². The summed E-state index contributed by atoms with van der Waals surface area (Å²) in [5.41, 5.74) is 9.09. The second-order valence-corrected chi connectivity index (χ2v) is 7.33. The Kier molecular flexibility index (Phi) is 6.29. The van der Waals surface area contributed by atoms with Crippen molar-refractivity contribution in [2.45, 2.75) is 32.2 Å². The normalized spacial score (nSPS) is 12.2. The average molecular weight is 430 g/mol. The molecule has 0 aliphatic heterocycles. The fourth-order valence-electron chi connectivity index (χ4n) is 3.05. The number of ether oxygens (including phenoxy) is 2. The van der Waals surface area contributed by atoms with Crippen LogP contribution in [0.5, 0.6) is 11.5 Å². The molecular weight excluding hydrogens is 406 g/mol. The Morgan fingerprint density at radius 2 is 1.70 bits per heavy atom. The number of methoxy groups -OCH3 is 2. The van der Waals surface area contributed by atoms with Gasteiger partial charge in [0.05, 0.1) is 25.4 Å². The van der Waals surface area contributed by atoms with Gasteiger partial charge in [-0.15, -0.1) is 0 Å². The summed E-state index contributed by atoms with van der Waals surface area (Å²) in [5.74, 6) is 1.94. The summed E-state index contributed by atoms with van der Waals surface area (Å²) in [7, 11) is 3.24. The van der Waals surface area contributed by atoms with Gasteiger partial charge in [0.25, 0.3) is 0 Å². The molecule has 0 radical (unpaired) electrons. The summed E-state index contributed by atoms with van der Waals surface area (Å²) >= 11 is 3.47.